The molecule has 1 aromatic carbocycles. The molecular weight excluding hydrogens is 298 g/mol. The Morgan fingerprint density at radius 2 is 2.09 bits per heavy atom. The third kappa shape index (κ3) is 5.00. The van der Waals surface area contributed by atoms with Crippen LogP contribution < -0.4 is 5.32 Å². The second-order valence-corrected chi connectivity index (χ2v) is 6.12. The SMILES string of the molecule is Cc1cccc(C[C@H](CNC(=O)Cc2ccsc2)C(=O)O)c1. The van der Waals surface area contributed by atoms with Gasteiger partial charge in [0.2, 0.25) is 5.91 Å². The Morgan fingerprint density at radius 1 is 1.27 bits per heavy atom. The fourth-order valence-corrected chi connectivity index (χ4v) is 2.92. The highest BCUT2D eigenvalue weighted by Crippen LogP contribution is 2.11. The third-order valence-corrected chi connectivity index (χ3v) is 4.14. The first-order valence-corrected chi connectivity index (χ1v) is 8.05. The smallest absolute Gasteiger partial charge is 0.308 e. The first-order valence-electron chi connectivity index (χ1n) is 7.10. The van der Waals surface area contributed by atoms with Crippen molar-refractivity contribution in [1.82, 2.24) is 5.32 Å². The first kappa shape index (κ1) is 16.2. The maximum Gasteiger partial charge on any atom is 0.308 e. The van der Waals surface area contributed by atoms with Gasteiger partial charge in [0, 0.05) is 6.54 Å². The topological polar surface area (TPSA) is 66.4 Å². The Bertz CT molecular complexity index is 637. The number of rotatable bonds is 7. The van der Waals surface area contributed by atoms with Gasteiger partial charge in [-0.1, -0.05) is 29.8 Å². The van der Waals surface area contributed by atoms with Crippen LogP contribution in [0.15, 0.2) is 41.1 Å². The average molecular weight is 317 g/mol. The standard InChI is InChI=1S/C17H19NO3S/c1-12-3-2-4-13(7-12)8-15(17(20)21)10-18-16(19)9-14-5-6-22-11-14/h2-7,11,15H,8-10H2,1H3,(H,18,19)(H,20,21)/t15-/m1/s1. The molecular formula is C17H19NO3S. The van der Waals surface area contributed by atoms with Crippen LogP contribution in [0, 0.1) is 12.8 Å². The van der Waals surface area contributed by atoms with Crippen LogP contribution in [-0.2, 0) is 22.4 Å². The molecule has 0 spiro atoms. The molecule has 4 nitrogen and oxygen atoms in total. The van der Waals surface area contributed by atoms with E-state index in [1.54, 1.807) is 0 Å². The van der Waals surface area contributed by atoms with Gasteiger partial charge in [-0.3, -0.25) is 9.59 Å². The number of thiophene rings is 1. The van der Waals surface area contributed by atoms with Gasteiger partial charge in [0.05, 0.1) is 12.3 Å². The lowest BCUT2D eigenvalue weighted by atomic mass is 9.98. The Balaban J connectivity index is 1.89. The van der Waals surface area contributed by atoms with Crippen molar-refractivity contribution in [3.8, 4) is 0 Å². The molecule has 0 aliphatic rings. The number of carbonyl (C=O) groups excluding carboxylic acids is 1. The van der Waals surface area contributed by atoms with E-state index in [2.05, 4.69) is 5.32 Å². The zero-order valence-corrected chi connectivity index (χ0v) is 13.2. The first-order chi connectivity index (χ1) is 10.5. The van der Waals surface area contributed by atoms with Gasteiger partial charge in [0.25, 0.3) is 0 Å². The molecule has 2 N–H and O–H groups in total. The minimum Gasteiger partial charge on any atom is -0.481 e. The molecule has 0 bridgehead atoms. The highest BCUT2D eigenvalue weighted by molar-refractivity contribution is 7.07. The van der Waals surface area contributed by atoms with E-state index in [-0.39, 0.29) is 12.5 Å². The number of carboxylic acids is 1. The lowest BCUT2D eigenvalue weighted by molar-refractivity contribution is -0.141. The van der Waals surface area contributed by atoms with Crippen molar-refractivity contribution in [1.29, 1.82) is 0 Å². The highest BCUT2D eigenvalue weighted by atomic mass is 32.1. The van der Waals surface area contributed by atoms with E-state index < -0.39 is 11.9 Å². The summed E-state index contributed by atoms with van der Waals surface area (Å²) in [6.07, 6.45) is 0.704. The number of aliphatic carboxylic acids is 1. The van der Waals surface area contributed by atoms with Gasteiger partial charge in [0.1, 0.15) is 0 Å². The fraction of sp³-hybridized carbons (Fsp3) is 0.294. The molecule has 0 aliphatic carbocycles. The summed E-state index contributed by atoms with van der Waals surface area (Å²) in [5.74, 6) is -1.65. The Labute approximate surface area is 133 Å². The van der Waals surface area contributed by atoms with Crippen LogP contribution in [0.4, 0.5) is 0 Å². The molecule has 0 saturated heterocycles. The molecule has 0 saturated carbocycles. The van der Waals surface area contributed by atoms with Crippen molar-refractivity contribution in [3.05, 3.63) is 57.8 Å². The number of hydrogen-bond donors (Lipinski definition) is 2. The Kier molecular flexibility index (Phi) is 5.72. The summed E-state index contributed by atoms with van der Waals surface area (Å²) in [5.41, 5.74) is 3.02. The van der Waals surface area contributed by atoms with E-state index in [1.807, 2.05) is 48.0 Å². The molecule has 0 aliphatic heterocycles. The second-order valence-electron chi connectivity index (χ2n) is 5.34. The highest BCUT2D eigenvalue weighted by Gasteiger charge is 2.19. The number of carbonyl (C=O) groups is 2. The predicted octanol–water partition coefficient (Wildman–Crippen LogP) is 2.66. The molecule has 1 atom stereocenters. The molecule has 2 rings (SSSR count). The predicted molar refractivity (Wildman–Crippen MR) is 87.0 cm³/mol. The van der Waals surface area contributed by atoms with Crippen LogP contribution >= 0.6 is 11.3 Å². The number of amides is 1. The van der Waals surface area contributed by atoms with Gasteiger partial charge in [-0.15, -0.1) is 0 Å². The average Bonchev–Trinajstić information content (AvgIpc) is 2.96. The molecule has 2 aromatic rings. The molecule has 5 heteroatoms. The quantitative estimate of drug-likeness (QED) is 0.825. The monoisotopic (exact) mass is 317 g/mol. The van der Waals surface area contributed by atoms with Gasteiger partial charge < -0.3 is 10.4 Å². The summed E-state index contributed by atoms with van der Waals surface area (Å²) in [5, 5.41) is 15.9. The summed E-state index contributed by atoms with van der Waals surface area (Å²) in [6.45, 7) is 2.12. The van der Waals surface area contributed by atoms with Crippen molar-refractivity contribution in [2.24, 2.45) is 5.92 Å². The lowest BCUT2D eigenvalue weighted by Crippen LogP contribution is -2.34. The maximum absolute atomic E-state index is 11.8. The number of nitrogens with one attached hydrogen (secondary N) is 1. The van der Waals surface area contributed by atoms with Crippen molar-refractivity contribution in [2.45, 2.75) is 19.8 Å². The largest absolute Gasteiger partial charge is 0.481 e. The number of aryl methyl sites for hydroxylation is 1. The van der Waals surface area contributed by atoms with Gasteiger partial charge in [-0.25, -0.2) is 0 Å². The summed E-state index contributed by atoms with van der Waals surface area (Å²) >= 11 is 1.54. The van der Waals surface area contributed by atoms with Crippen molar-refractivity contribution in [3.63, 3.8) is 0 Å². The number of benzene rings is 1. The minimum atomic E-state index is -0.891. The van der Waals surface area contributed by atoms with Crippen LogP contribution in [0.5, 0.6) is 0 Å². The van der Waals surface area contributed by atoms with E-state index in [9.17, 15) is 14.7 Å². The van der Waals surface area contributed by atoms with E-state index in [0.29, 0.717) is 12.8 Å². The zero-order chi connectivity index (χ0) is 15.9. The Hall–Kier alpha value is -2.14. The fourth-order valence-electron chi connectivity index (χ4n) is 2.25. The van der Waals surface area contributed by atoms with Gasteiger partial charge in [0.15, 0.2) is 0 Å². The van der Waals surface area contributed by atoms with Crippen molar-refractivity contribution >= 4 is 23.2 Å². The molecule has 0 radical (unpaired) electrons. The van der Waals surface area contributed by atoms with Crippen molar-refractivity contribution < 1.29 is 14.7 Å². The van der Waals surface area contributed by atoms with E-state index in [4.69, 9.17) is 0 Å². The van der Waals surface area contributed by atoms with Crippen LogP contribution in [-0.4, -0.2) is 23.5 Å². The molecule has 1 heterocycles. The van der Waals surface area contributed by atoms with Crippen LogP contribution in [0.25, 0.3) is 0 Å². The van der Waals surface area contributed by atoms with Crippen LogP contribution in [0.2, 0.25) is 0 Å². The second kappa shape index (κ2) is 7.75. The van der Waals surface area contributed by atoms with E-state index in [1.165, 1.54) is 11.3 Å². The molecule has 1 amide bonds. The van der Waals surface area contributed by atoms with Crippen LogP contribution in [0.3, 0.4) is 0 Å². The lowest BCUT2D eigenvalue weighted by Gasteiger charge is -2.14. The maximum atomic E-state index is 11.8. The van der Waals surface area contributed by atoms with Crippen molar-refractivity contribution in [2.75, 3.05) is 6.54 Å². The van der Waals surface area contributed by atoms with Crippen LogP contribution in [0.1, 0.15) is 16.7 Å². The molecule has 116 valence electrons. The minimum absolute atomic E-state index is 0.145. The number of hydrogen-bond acceptors (Lipinski definition) is 3. The van der Waals surface area contributed by atoms with Gasteiger partial charge in [-0.2, -0.15) is 11.3 Å². The normalized spacial score (nSPS) is 11.9. The molecule has 22 heavy (non-hydrogen) atoms. The van der Waals surface area contributed by atoms with Gasteiger partial charge in [-0.05, 0) is 41.3 Å². The zero-order valence-electron chi connectivity index (χ0n) is 12.4. The number of carboxylic acid groups (broad SMARTS) is 1. The molecule has 0 fully saturated rings. The summed E-state index contributed by atoms with van der Waals surface area (Å²) in [6, 6.07) is 9.67. The molecule has 0 unspecified atom stereocenters. The van der Waals surface area contributed by atoms with E-state index >= 15 is 0 Å². The molecule has 1 aromatic heterocycles. The van der Waals surface area contributed by atoms with E-state index in [0.717, 1.165) is 16.7 Å². The summed E-state index contributed by atoms with van der Waals surface area (Å²) in [7, 11) is 0. The van der Waals surface area contributed by atoms with Gasteiger partial charge >= 0.3 is 5.97 Å². The summed E-state index contributed by atoms with van der Waals surface area (Å²) < 4.78 is 0. The Morgan fingerprint density at radius 3 is 2.73 bits per heavy atom. The summed E-state index contributed by atoms with van der Waals surface area (Å²) in [4.78, 5) is 23.2. The third-order valence-electron chi connectivity index (χ3n) is 3.40.